The maximum Gasteiger partial charge on any atom is 0.358 e. The molecule has 0 aliphatic carbocycles. The Hall–Kier alpha value is -2.11. The molecule has 1 aromatic rings. The van der Waals surface area contributed by atoms with Crippen LogP contribution >= 0.6 is 0 Å². The highest BCUT2D eigenvalue weighted by molar-refractivity contribution is 5.88. The third-order valence-corrected chi connectivity index (χ3v) is 2.05. The number of hydrogen-bond donors (Lipinski definition) is 1. The number of ether oxygens (including phenoxy) is 1. The van der Waals surface area contributed by atoms with Crippen LogP contribution in [0, 0.1) is 0 Å². The van der Waals surface area contributed by atoms with E-state index in [9.17, 15) is 9.59 Å². The van der Waals surface area contributed by atoms with Gasteiger partial charge in [0.2, 0.25) is 5.91 Å². The molecule has 0 spiro atoms. The quantitative estimate of drug-likeness (QED) is 0.814. The topological polar surface area (TPSA) is 79.7 Å². The zero-order chi connectivity index (χ0) is 12.8. The van der Waals surface area contributed by atoms with Crippen LogP contribution in [-0.4, -0.2) is 47.6 Å². The van der Waals surface area contributed by atoms with Crippen LogP contribution < -0.4 is 4.74 Å². The number of nitrogens with zero attached hydrogens (tertiary/aromatic N) is 2. The lowest BCUT2D eigenvalue weighted by molar-refractivity contribution is -0.129. The lowest BCUT2D eigenvalue weighted by Crippen LogP contribution is -2.23. The molecule has 6 heteroatoms. The Morgan fingerprint density at radius 2 is 2.18 bits per heavy atom. The summed E-state index contributed by atoms with van der Waals surface area (Å²) in [5, 5.41) is 8.84. The van der Waals surface area contributed by atoms with E-state index in [-0.39, 0.29) is 30.4 Å². The van der Waals surface area contributed by atoms with Gasteiger partial charge in [0.05, 0.1) is 13.0 Å². The van der Waals surface area contributed by atoms with Gasteiger partial charge in [-0.2, -0.15) is 0 Å². The largest absolute Gasteiger partial charge is 0.490 e. The van der Waals surface area contributed by atoms with Gasteiger partial charge in [-0.1, -0.05) is 0 Å². The predicted molar refractivity (Wildman–Crippen MR) is 60.0 cm³/mol. The summed E-state index contributed by atoms with van der Waals surface area (Å²) in [6.45, 7) is 0.128. The number of carbonyl (C=O) groups excluding carboxylic acids is 1. The molecule has 0 bridgehead atoms. The highest BCUT2D eigenvalue weighted by Gasteiger charge is 2.12. The van der Waals surface area contributed by atoms with Gasteiger partial charge in [-0.25, -0.2) is 9.78 Å². The molecule has 0 atom stereocenters. The fourth-order valence-corrected chi connectivity index (χ4v) is 1.14. The average Bonchev–Trinajstić information content (AvgIpc) is 2.29. The van der Waals surface area contributed by atoms with Crippen molar-refractivity contribution in [3.05, 3.63) is 24.0 Å². The summed E-state index contributed by atoms with van der Waals surface area (Å²) in [5.41, 5.74) is -0.148. The number of aromatic carboxylic acids is 1. The van der Waals surface area contributed by atoms with Gasteiger partial charge in [0.25, 0.3) is 0 Å². The smallest absolute Gasteiger partial charge is 0.358 e. The zero-order valence-electron chi connectivity index (χ0n) is 9.71. The van der Waals surface area contributed by atoms with Crippen molar-refractivity contribution >= 4 is 11.9 Å². The van der Waals surface area contributed by atoms with Crippen molar-refractivity contribution < 1.29 is 19.4 Å². The molecule has 92 valence electrons. The summed E-state index contributed by atoms with van der Waals surface area (Å²) in [6, 6.07) is 3.09. The Morgan fingerprint density at radius 1 is 1.47 bits per heavy atom. The number of pyridine rings is 1. The minimum atomic E-state index is -1.15. The fraction of sp³-hybridized carbons (Fsp3) is 0.364. The SMILES string of the molecule is CN(C)C(=O)CCOc1cccnc1C(=O)O. The van der Waals surface area contributed by atoms with E-state index in [2.05, 4.69) is 4.98 Å². The minimum absolute atomic E-state index is 0.0780. The third kappa shape index (κ3) is 3.75. The minimum Gasteiger partial charge on any atom is -0.490 e. The Bertz CT molecular complexity index is 418. The number of hydrogen-bond acceptors (Lipinski definition) is 4. The standard InChI is InChI=1S/C11H14N2O4/c1-13(2)9(14)5-7-17-8-4-3-6-12-10(8)11(15)16/h3-4,6H,5,7H2,1-2H3,(H,15,16). The summed E-state index contributed by atoms with van der Waals surface area (Å²) in [4.78, 5) is 27.2. The van der Waals surface area contributed by atoms with Gasteiger partial charge in [0.1, 0.15) is 0 Å². The summed E-state index contributed by atoms with van der Waals surface area (Å²) >= 11 is 0. The molecule has 0 saturated heterocycles. The molecule has 17 heavy (non-hydrogen) atoms. The summed E-state index contributed by atoms with van der Waals surface area (Å²) < 4.78 is 5.23. The van der Waals surface area contributed by atoms with Crippen molar-refractivity contribution in [2.24, 2.45) is 0 Å². The van der Waals surface area contributed by atoms with E-state index in [0.717, 1.165) is 0 Å². The van der Waals surface area contributed by atoms with Crippen LogP contribution in [0.2, 0.25) is 0 Å². The van der Waals surface area contributed by atoms with Crippen molar-refractivity contribution in [2.75, 3.05) is 20.7 Å². The number of rotatable bonds is 5. The van der Waals surface area contributed by atoms with Gasteiger partial charge in [-0.15, -0.1) is 0 Å². The van der Waals surface area contributed by atoms with Crippen LogP contribution in [0.4, 0.5) is 0 Å². The molecule has 0 aliphatic heterocycles. The first kappa shape index (κ1) is 13.0. The van der Waals surface area contributed by atoms with Crippen LogP contribution in [-0.2, 0) is 4.79 Å². The molecule has 0 fully saturated rings. The first-order valence-corrected chi connectivity index (χ1v) is 5.03. The van der Waals surface area contributed by atoms with Crippen molar-refractivity contribution in [1.29, 1.82) is 0 Å². The first-order valence-electron chi connectivity index (χ1n) is 5.03. The highest BCUT2D eigenvalue weighted by Crippen LogP contribution is 2.15. The van der Waals surface area contributed by atoms with Crippen molar-refractivity contribution in [3.63, 3.8) is 0 Å². The summed E-state index contributed by atoms with van der Waals surface area (Å²) in [7, 11) is 3.30. The van der Waals surface area contributed by atoms with Crippen LogP contribution in [0.15, 0.2) is 18.3 Å². The molecule has 1 amide bonds. The second-order valence-corrected chi connectivity index (χ2v) is 3.54. The van der Waals surface area contributed by atoms with E-state index in [0.29, 0.717) is 0 Å². The second-order valence-electron chi connectivity index (χ2n) is 3.54. The van der Waals surface area contributed by atoms with E-state index >= 15 is 0 Å². The lowest BCUT2D eigenvalue weighted by atomic mass is 10.3. The Morgan fingerprint density at radius 3 is 2.76 bits per heavy atom. The molecule has 0 aliphatic rings. The van der Waals surface area contributed by atoms with E-state index in [1.165, 1.54) is 17.2 Å². The monoisotopic (exact) mass is 238 g/mol. The average molecular weight is 238 g/mol. The Kier molecular flexibility index (Phi) is 4.45. The van der Waals surface area contributed by atoms with Crippen molar-refractivity contribution in [3.8, 4) is 5.75 Å². The van der Waals surface area contributed by atoms with Crippen molar-refractivity contribution in [2.45, 2.75) is 6.42 Å². The molecule has 1 rings (SSSR count). The van der Waals surface area contributed by atoms with Gasteiger partial charge in [0.15, 0.2) is 11.4 Å². The van der Waals surface area contributed by atoms with Crippen LogP contribution in [0.1, 0.15) is 16.9 Å². The highest BCUT2D eigenvalue weighted by atomic mass is 16.5. The molecular formula is C11H14N2O4. The van der Waals surface area contributed by atoms with Crippen LogP contribution in [0.3, 0.4) is 0 Å². The number of amides is 1. The van der Waals surface area contributed by atoms with Crippen LogP contribution in [0.25, 0.3) is 0 Å². The lowest BCUT2D eigenvalue weighted by Gasteiger charge is -2.11. The normalized spacial score (nSPS) is 9.76. The molecular weight excluding hydrogens is 224 g/mol. The first-order chi connectivity index (χ1) is 8.02. The number of aromatic nitrogens is 1. The van der Waals surface area contributed by atoms with Gasteiger partial charge in [-0.3, -0.25) is 4.79 Å². The van der Waals surface area contributed by atoms with Gasteiger partial charge < -0.3 is 14.7 Å². The Balaban J connectivity index is 2.58. The number of carbonyl (C=O) groups is 2. The fourth-order valence-electron chi connectivity index (χ4n) is 1.14. The summed E-state index contributed by atoms with van der Waals surface area (Å²) in [5.74, 6) is -1.06. The predicted octanol–water partition coefficient (Wildman–Crippen LogP) is 0.637. The van der Waals surface area contributed by atoms with E-state index < -0.39 is 5.97 Å². The third-order valence-electron chi connectivity index (χ3n) is 2.05. The molecule has 1 N–H and O–H groups in total. The van der Waals surface area contributed by atoms with Gasteiger partial charge in [-0.05, 0) is 12.1 Å². The molecule has 6 nitrogen and oxygen atoms in total. The van der Waals surface area contributed by atoms with Gasteiger partial charge >= 0.3 is 5.97 Å². The second kappa shape index (κ2) is 5.83. The van der Waals surface area contributed by atoms with Gasteiger partial charge in [0, 0.05) is 20.3 Å². The molecule has 1 aromatic heterocycles. The van der Waals surface area contributed by atoms with E-state index in [4.69, 9.17) is 9.84 Å². The molecule has 0 radical (unpaired) electrons. The molecule has 0 unspecified atom stereocenters. The maximum atomic E-state index is 11.3. The molecule has 1 heterocycles. The number of carboxylic acid groups (broad SMARTS) is 1. The number of carboxylic acids is 1. The zero-order valence-corrected chi connectivity index (χ0v) is 9.71. The Labute approximate surface area is 98.8 Å². The molecule has 0 saturated carbocycles. The van der Waals surface area contributed by atoms with E-state index in [1.54, 1.807) is 20.2 Å². The van der Waals surface area contributed by atoms with Crippen LogP contribution in [0.5, 0.6) is 5.75 Å². The maximum absolute atomic E-state index is 11.3. The molecule has 0 aromatic carbocycles. The van der Waals surface area contributed by atoms with Crippen molar-refractivity contribution in [1.82, 2.24) is 9.88 Å². The summed E-state index contributed by atoms with van der Waals surface area (Å²) in [6.07, 6.45) is 1.57. The van der Waals surface area contributed by atoms with E-state index in [1.807, 2.05) is 0 Å².